The van der Waals surface area contributed by atoms with E-state index in [1.165, 1.54) is 0 Å². The average molecular weight is 192 g/mol. The number of hydrogen-bond donors (Lipinski definition) is 1. The number of carbonyl (C=O) groups excluding carboxylic acids is 2. The van der Waals surface area contributed by atoms with Gasteiger partial charge >= 0.3 is 0 Å². The molecule has 0 atom stereocenters. The van der Waals surface area contributed by atoms with Gasteiger partial charge in [0.25, 0.3) is 0 Å². The van der Waals surface area contributed by atoms with Gasteiger partial charge in [-0.1, -0.05) is 0 Å². The first-order chi connectivity index (χ1) is 6.60. The molecule has 0 saturated heterocycles. The number of carbonyl (C=O) groups is 2. The number of nitrogens with two attached hydrogens (primary N) is 1. The molecule has 2 N–H and O–H groups in total. The summed E-state index contributed by atoms with van der Waals surface area (Å²) in [6.45, 7) is 0. The third-order valence-corrected chi connectivity index (χ3v) is 1.64. The van der Waals surface area contributed by atoms with E-state index in [2.05, 4.69) is 0 Å². The van der Waals surface area contributed by atoms with Gasteiger partial charge in [-0.3, -0.25) is 9.59 Å². The smallest absolute Gasteiger partial charge is 0.225 e. The number of rotatable bonds is 2. The van der Waals surface area contributed by atoms with Crippen molar-refractivity contribution in [3.8, 4) is 6.07 Å². The van der Waals surface area contributed by atoms with E-state index in [9.17, 15) is 14.0 Å². The summed E-state index contributed by atoms with van der Waals surface area (Å²) >= 11 is 0. The van der Waals surface area contributed by atoms with Gasteiger partial charge in [0.1, 0.15) is 11.9 Å². The van der Waals surface area contributed by atoms with E-state index in [1.807, 2.05) is 0 Å². The Kier molecular flexibility index (Phi) is 2.58. The van der Waals surface area contributed by atoms with Crippen molar-refractivity contribution in [3.63, 3.8) is 0 Å². The van der Waals surface area contributed by atoms with Crippen LogP contribution in [0.4, 0.5) is 10.1 Å². The van der Waals surface area contributed by atoms with Crippen LogP contribution in [-0.2, 0) is 4.79 Å². The second kappa shape index (κ2) is 3.66. The third-order valence-electron chi connectivity index (χ3n) is 1.64. The molecule has 1 rings (SSSR count). The predicted octanol–water partition coefficient (Wildman–Crippen LogP) is 0.661. The largest absolute Gasteiger partial charge is 0.395 e. The minimum Gasteiger partial charge on any atom is -0.395 e. The first-order valence-corrected chi connectivity index (χ1v) is 3.58. The van der Waals surface area contributed by atoms with Crippen LogP contribution in [0.15, 0.2) is 12.1 Å². The zero-order valence-electron chi connectivity index (χ0n) is 6.95. The fraction of sp³-hybridized carbons (Fsp3) is 0. The molecule has 0 aliphatic carbocycles. The summed E-state index contributed by atoms with van der Waals surface area (Å²) < 4.78 is 13.0. The van der Waals surface area contributed by atoms with Crippen molar-refractivity contribution in [1.29, 1.82) is 5.26 Å². The van der Waals surface area contributed by atoms with Gasteiger partial charge in [-0.25, -0.2) is 4.39 Å². The molecule has 70 valence electrons. The third kappa shape index (κ3) is 1.59. The Bertz CT molecular complexity index is 449. The second-order valence-corrected chi connectivity index (χ2v) is 2.51. The number of Topliss-reactive ketones (excluding diaryl/α,β-unsaturated/α-hetero) is 1. The van der Waals surface area contributed by atoms with Gasteiger partial charge in [0.15, 0.2) is 6.29 Å². The number of ketones is 1. The fourth-order valence-electron chi connectivity index (χ4n) is 0.921. The van der Waals surface area contributed by atoms with E-state index in [4.69, 9.17) is 11.0 Å². The molecule has 0 aliphatic heterocycles. The van der Waals surface area contributed by atoms with E-state index in [0.717, 1.165) is 12.1 Å². The minimum atomic E-state index is -0.889. The van der Waals surface area contributed by atoms with Crippen molar-refractivity contribution in [1.82, 2.24) is 0 Å². The summed E-state index contributed by atoms with van der Waals surface area (Å²) in [7, 11) is 0. The highest BCUT2D eigenvalue weighted by Gasteiger charge is 2.11. The molecule has 0 spiro atoms. The second-order valence-electron chi connectivity index (χ2n) is 2.51. The van der Waals surface area contributed by atoms with Crippen LogP contribution in [0.3, 0.4) is 0 Å². The van der Waals surface area contributed by atoms with Gasteiger partial charge in [-0.15, -0.1) is 0 Å². The molecule has 0 bridgehead atoms. The van der Waals surface area contributed by atoms with E-state index >= 15 is 0 Å². The van der Waals surface area contributed by atoms with Gasteiger partial charge in [0, 0.05) is 5.56 Å². The Hall–Kier alpha value is -2.22. The Labute approximate surface area is 78.7 Å². The molecule has 0 radical (unpaired) electrons. The van der Waals surface area contributed by atoms with E-state index < -0.39 is 11.6 Å². The predicted molar refractivity (Wildman–Crippen MR) is 45.9 cm³/mol. The summed E-state index contributed by atoms with van der Waals surface area (Å²) in [5.74, 6) is -1.77. The highest BCUT2D eigenvalue weighted by Crippen LogP contribution is 2.17. The van der Waals surface area contributed by atoms with Gasteiger partial charge in [-0.2, -0.15) is 5.26 Å². The molecule has 0 fully saturated rings. The number of anilines is 1. The number of nitriles is 1. The maximum absolute atomic E-state index is 13.0. The number of nitrogen functional groups attached to an aromatic ring is 1. The van der Waals surface area contributed by atoms with Crippen LogP contribution in [0.2, 0.25) is 0 Å². The first kappa shape index (κ1) is 9.86. The Morgan fingerprint density at radius 1 is 1.57 bits per heavy atom. The molecular formula is C9H5FN2O2. The lowest BCUT2D eigenvalue weighted by molar-refractivity contribution is -0.104. The summed E-state index contributed by atoms with van der Waals surface area (Å²) in [5.41, 5.74) is 4.55. The molecule has 0 saturated carbocycles. The van der Waals surface area contributed by atoms with Crippen LogP contribution in [0.25, 0.3) is 0 Å². The molecule has 4 nitrogen and oxygen atoms in total. The number of aldehydes is 1. The molecule has 0 amide bonds. The lowest BCUT2D eigenvalue weighted by Gasteiger charge is -2.01. The van der Waals surface area contributed by atoms with Crippen molar-refractivity contribution in [2.45, 2.75) is 0 Å². The lowest BCUT2D eigenvalue weighted by atomic mass is 10.1. The summed E-state index contributed by atoms with van der Waals surface area (Å²) in [5, 5.41) is 8.53. The fourth-order valence-corrected chi connectivity index (χ4v) is 0.921. The number of nitrogens with zero attached hydrogens (tertiary/aromatic N) is 1. The van der Waals surface area contributed by atoms with Crippen molar-refractivity contribution < 1.29 is 14.0 Å². The van der Waals surface area contributed by atoms with Gasteiger partial charge in [0.2, 0.25) is 5.78 Å². The standard InChI is InChI=1S/C9H5FN2O2/c10-7-2-5(8(14)4-13)1-6(3-11)9(7)12/h1-2,4H,12H2. The average Bonchev–Trinajstić information content (AvgIpc) is 2.20. The topological polar surface area (TPSA) is 84.0 Å². The normalized spacial score (nSPS) is 9.14. The van der Waals surface area contributed by atoms with Gasteiger partial charge in [-0.05, 0) is 12.1 Å². The van der Waals surface area contributed by atoms with E-state index in [1.54, 1.807) is 6.07 Å². The van der Waals surface area contributed by atoms with Gasteiger partial charge in [0.05, 0.1) is 11.3 Å². The Morgan fingerprint density at radius 3 is 2.71 bits per heavy atom. The minimum absolute atomic E-state index is 0.0477. The first-order valence-electron chi connectivity index (χ1n) is 3.58. The Balaban J connectivity index is 3.38. The number of benzene rings is 1. The highest BCUT2D eigenvalue weighted by atomic mass is 19.1. The van der Waals surface area contributed by atoms with Gasteiger partial charge < -0.3 is 5.73 Å². The molecule has 1 aromatic carbocycles. The van der Waals surface area contributed by atoms with Crippen LogP contribution in [0.5, 0.6) is 0 Å². The molecule has 14 heavy (non-hydrogen) atoms. The zero-order valence-corrected chi connectivity index (χ0v) is 6.95. The summed E-state index contributed by atoms with van der Waals surface area (Å²) in [6.07, 6.45) is 0.0477. The monoisotopic (exact) mass is 192 g/mol. The molecular weight excluding hydrogens is 187 g/mol. The SMILES string of the molecule is N#Cc1cc(C(=O)C=O)cc(F)c1N. The molecule has 0 unspecified atom stereocenters. The van der Waals surface area contributed by atoms with Crippen LogP contribution in [0.1, 0.15) is 15.9 Å². The van der Waals surface area contributed by atoms with Crippen LogP contribution < -0.4 is 5.73 Å². The zero-order chi connectivity index (χ0) is 10.7. The molecule has 0 aromatic heterocycles. The summed E-state index contributed by atoms with van der Waals surface area (Å²) in [6, 6.07) is 3.53. The van der Waals surface area contributed by atoms with Crippen LogP contribution >= 0.6 is 0 Å². The number of hydrogen-bond acceptors (Lipinski definition) is 4. The van der Waals surface area contributed by atoms with Crippen molar-refractivity contribution in [2.75, 3.05) is 5.73 Å². The maximum atomic E-state index is 13.0. The summed E-state index contributed by atoms with van der Waals surface area (Å²) in [4.78, 5) is 21.0. The molecule has 0 aliphatic rings. The van der Waals surface area contributed by atoms with Crippen molar-refractivity contribution in [2.24, 2.45) is 0 Å². The van der Waals surface area contributed by atoms with Crippen molar-refractivity contribution >= 4 is 17.8 Å². The van der Waals surface area contributed by atoms with E-state index in [0.29, 0.717) is 0 Å². The molecule has 5 heteroatoms. The van der Waals surface area contributed by atoms with Crippen LogP contribution in [0, 0.1) is 17.1 Å². The molecule has 1 aromatic rings. The van der Waals surface area contributed by atoms with Crippen LogP contribution in [-0.4, -0.2) is 12.1 Å². The molecule has 0 heterocycles. The number of halogens is 1. The quantitative estimate of drug-likeness (QED) is 0.323. The maximum Gasteiger partial charge on any atom is 0.225 e. The van der Waals surface area contributed by atoms with Crippen molar-refractivity contribution in [3.05, 3.63) is 29.1 Å². The lowest BCUT2D eigenvalue weighted by Crippen LogP contribution is -2.04. The Morgan fingerprint density at radius 2 is 2.21 bits per heavy atom. The highest BCUT2D eigenvalue weighted by molar-refractivity contribution is 6.33. The van der Waals surface area contributed by atoms with E-state index in [-0.39, 0.29) is 23.1 Å².